The molecule has 90 valence electrons. The molecule has 4 heteroatoms. The van der Waals surface area contributed by atoms with Crippen LogP contribution in [0.3, 0.4) is 0 Å². The summed E-state index contributed by atoms with van der Waals surface area (Å²) in [4.78, 5) is 11.6. The van der Waals surface area contributed by atoms with Crippen LogP contribution in [0, 0.1) is 0 Å². The molecule has 4 nitrogen and oxygen atoms in total. The van der Waals surface area contributed by atoms with Crippen molar-refractivity contribution in [3.05, 3.63) is 42.5 Å². The number of carbonyl (C=O) groups is 1. The van der Waals surface area contributed by atoms with Crippen LogP contribution in [-0.2, 0) is 9.47 Å². The monoisotopic (exact) mass is 234 g/mol. The van der Waals surface area contributed by atoms with E-state index in [-0.39, 0.29) is 18.7 Å². The minimum atomic E-state index is -0.377. The first-order valence-corrected chi connectivity index (χ1v) is 5.42. The maximum Gasteiger partial charge on any atom is 0.338 e. The fourth-order valence-electron chi connectivity index (χ4n) is 1.28. The quantitative estimate of drug-likeness (QED) is 0.428. The van der Waals surface area contributed by atoms with Crippen LogP contribution in [0.15, 0.2) is 36.9 Å². The van der Waals surface area contributed by atoms with E-state index in [0.29, 0.717) is 17.9 Å². The second kappa shape index (κ2) is 5.50. The molecule has 1 aliphatic heterocycles. The summed E-state index contributed by atoms with van der Waals surface area (Å²) in [6.45, 7) is 4.96. The second-order valence-corrected chi connectivity index (χ2v) is 3.68. The van der Waals surface area contributed by atoms with Gasteiger partial charge in [-0.3, -0.25) is 0 Å². The van der Waals surface area contributed by atoms with Gasteiger partial charge in [0, 0.05) is 0 Å². The molecule has 0 spiro atoms. The molecule has 1 aromatic carbocycles. The zero-order chi connectivity index (χ0) is 12.1. The van der Waals surface area contributed by atoms with Crippen LogP contribution < -0.4 is 4.74 Å². The van der Waals surface area contributed by atoms with E-state index in [2.05, 4.69) is 6.58 Å². The summed E-state index contributed by atoms with van der Waals surface area (Å²) < 4.78 is 15.4. The highest BCUT2D eigenvalue weighted by Gasteiger charge is 2.23. The van der Waals surface area contributed by atoms with Gasteiger partial charge in [-0.25, -0.2) is 4.79 Å². The maximum atomic E-state index is 11.6. The number of epoxide rings is 1. The molecule has 1 unspecified atom stereocenters. The van der Waals surface area contributed by atoms with Crippen molar-refractivity contribution in [2.24, 2.45) is 0 Å². The lowest BCUT2D eigenvalue weighted by Gasteiger charge is -2.06. The smallest absolute Gasteiger partial charge is 0.338 e. The topological polar surface area (TPSA) is 48.1 Å². The Hall–Kier alpha value is -1.81. The lowest BCUT2D eigenvalue weighted by Crippen LogP contribution is -2.07. The molecule has 17 heavy (non-hydrogen) atoms. The van der Waals surface area contributed by atoms with Crippen molar-refractivity contribution in [2.75, 3.05) is 19.8 Å². The number of hydrogen-bond donors (Lipinski definition) is 0. The Kier molecular flexibility index (Phi) is 3.77. The molecule has 2 rings (SSSR count). The summed E-state index contributed by atoms with van der Waals surface area (Å²) in [5, 5.41) is 0. The number of benzene rings is 1. The summed E-state index contributed by atoms with van der Waals surface area (Å²) in [7, 11) is 0. The molecule has 1 heterocycles. The molecule has 0 bridgehead atoms. The number of carbonyl (C=O) groups excluding carboxylic acids is 1. The third-order valence-electron chi connectivity index (χ3n) is 2.24. The van der Waals surface area contributed by atoms with E-state index in [9.17, 15) is 4.79 Å². The molecule has 1 aliphatic rings. The van der Waals surface area contributed by atoms with Gasteiger partial charge < -0.3 is 14.2 Å². The lowest BCUT2D eigenvalue weighted by molar-refractivity contribution is 0.0549. The highest BCUT2D eigenvalue weighted by molar-refractivity contribution is 5.89. The van der Waals surface area contributed by atoms with Crippen molar-refractivity contribution in [1.29, 1.82) is 0 Å². The third-order valence-corrected chi connectivity index (χ3v) is 2.24. The van der Waals surface area contributed by atoms with Crippen LogP contribution in [-0.4, -0.2) is 31.9 Å². The van der Waals surface area contributed by atoms with E-state index >= 15 is 0 Å². The van der Waals surface area contributed by atoms with Gasteiger partial charge in [-0.05, 0) is 18.2 Å². The molecule has 1 atom stereocenters. The maximum absolute atomic E-state index is 11.6. The highest BCUT2D eigenvalue weighted by atomic mass is 16.6. The zero-order valence-corrected chi connectivity index (χ0v) is 9.43. The Morgan fingerprint density at radius 3 is 3.12 bits per heavy atom. The predicted molar refractivity (Wildman–Crippen MR) is 62.2 cm³/mol. The van der Waals surface area contributed by atoms with Gasteiger partial charge in [0.05, 0.1) is 12.2 Å². The van der Waals surface area contributed by atoms with Crippen molar-refractivity contribution in [3.8, 4) is 5.75 Å². The van der Waals surface area contributed by atoms with Crippen LogP contribution in [0.25, 0.3) is 0 Å². The fourth-order valence-corrected chi connectivity index (χ4v) is 1.28. The minimum absolute atomic E-state index is 0.200. The molecule has 0 saturated carbocycles. The first-order valence-electron chi connectivity index (χ1n) is 5.42. The average molecular weight is 234 g/mol. The molecule has 1 fully saturated rings. The molecule has 0 N–H and O–H groups in total. The van der Waals surface area contributed by atoms with Crippen molar-refractivity contribution in [3.63, 3.8) is 0 Å². The molecule has 0 amide bonds. The summed E-state index contributed by atoms with van der Waals surface area (Å²) in [6, 6.07) is 6.90. The van der Waals surface area contributed by atoms with Crippen LogP contribution >= 0.6 is 0 Å². The van der Waals surface area contributed by atoms with Crippen molar-refractivity contribution >= 4 is 5.97 Å². The summed E-state index contributed by atoms with van der Waals surface area (Å²) in [6.07, 6.45) is 1.73. The van der Waals surface area contributed by atoms with Crippen molar-refractivity contribution in [1.82, 2.24) is 0 Å². The molecule has 0 aromatic heterocycles. The van der Waals surface area contributed by atoms with Crippen LogP contribution in [0.5, 0.6) is 5.75 Å². The van der Waals surface area contributed by atoms with E-state index in [4.69, 9.17) is 14.2 Å². The van der Waals surface area contributed by atoms with Gasteiger partial charge in [0.2, 0.25) is 0 Å². The normalized spacial score (nSPS) is 17.3. The summed E-state index contributed by atoms with van der Waals surface area (Å²) >= 11 is 0. The Labute approximate surface area is 99.8 Å². The van der Waals surface area contributed by atoms with Crippen LogP contribution in [0.4, 0.5) is 0 Å². The van der Waals surface area contributed by atoms with E-state index in [1.807, 2.05) is 0 Å². The Balaban J connectivity index is 1.94. The van der Waals surface area contributed by atoms with Crippen LogP contribution in [0.2, 0.25) is 0 Å². The molecule has 1 saturated heterocycles. The Bertz CT molecular complexity index is 410. The number of esters is 1. The number of ether oxygens (including phenoxy) is 3. The standard InChI is InChI=1S/C13H14O4/c1-2-6-15-13(14)10-4-3-5-11(7-10)16-8-12-9-17-12/h2-5,7,12H,1,6,8-9H2. The number of hydrogen-bond acceptors (Lipinski definition) is 4. The van der Waals surface area contributed by atoms with E-state index in [0.717, 1.165) is 6.61 Å². The van der Waals surface area contributed by atoms with Gasteiger partial charge in [0.1, 0.15) is 25.1 Å². The largest absolute Gasteiger partial charge is 0.491 e. The second-order valence-electron chi connectivity index (χ2n) is 3.68. The van der Waals surface area contributed by atoms with Crippen LogP contribution in [0.1, 0.15) is 10.4 Å². The first kappa shape index (κ1) is 11.7. The van der Waals surface area contributed by atoms with E-state index < -0.39 is 0 Å². The first-order chi connectivity index (χ1) is 8.29. The lowest BCUT2D eigenvalue weighted by atomic mass is 10.2. The third kappa shape index (κ3) is 3.60. The highest BCUT2D eigenvalue weighted by Crippen LogP contribution is 2.17. The van der Waals surface area contributed by atoms with Gasteiger partial charge in [-0.15, -0.1) is 0 Å². The SMILES string of the molecule is C=CCOC(=O)c1cccc(OCC2CO2)c1. The van der Waals surface area contributed by atoms with Gasteiger partial charge in [-0.1, -0.05) is 18.7 Å². The summed E-state index contributed by atoms with van der Waals surface area (Å²) in [5.74, 6) is 0.270. The number of rotatable bonds is 6. The van der Waals surface area contributed by atoms with Gasteiger partial charge >= 0.3 is 5.97 Å². The predicted octanol–water partition coefficient (Wildman–Crippen LogP) is 1.81. The van der Waals surface area contributed by atoms with E-state index in [1.165, 1.54) is 6.08 Å². The Morgan fingerprint density at radius 1 is 1.59 bits per heavy atom. The minimum Gasteiger partial charge on any atom is -0.491 e. The Morgan fingerprint density at radius 2 is 2.41 bits per heavy atom. The molecular weight excluding hydrogens is 220 g/mol. The molecule has 0 radical (unpaired) electrons. The molecular formula is C13H14O4. The van der Waals surface area contributed by atoms with Crippen molar-refractivity contribution in [2.45, 2.75) is 6.10 Å². The zero-order valence-electron chi connectivity index (χ0n) is 9.43. The summed E-state index contributed by atoms with van der Waals surface area (Å²) in [5.41, 5.74) is 0.473. The van der Waals surface area contributed by atoms with Gasteiger partial charge in [0.25, 0.3) is 0 Å². The average Bonchev–Trinajstić information content (AvgIpc) is 3.18. The molecule has 1 aromatic rings. The van der Waals surface area contributed by atoms with Crippen molar-refractivity contribution < 1.29 is 19.0 Å². The van der Waals surface area contributed by atoms with E-state index in [1.54, 1.807) is 24.3 Å². The van der Waals surface area contributed by atoms with Gasteiger partial charge in [0.15, 0.2) is 0 Å². The molecule has 0 aliphatic carbocycles. The fraction of sp³-hybridized carbons (Fsp3) is 0.308. The van der Waals surface area contributed by atoms with Gasteiger partial charge in [-0.2, -0.15) is 0 Å².